The topological polar surface area (TPSA) is 12.0 Å². The molecule has 1 aromatic heterocycles. The second kappa shape index (κ2) is 5.64. The van der Waals surface area contributed by atoms with E-state index in [2.05, 4.69) is 42.0 Å². The maximum Gasteiger partial charge on any atom is 0.0345 e. The van der Waals surface area contributed by atoms with Gasteiger partial charge in [0, 0.05) is 11.2 Å². The van der Waals surface area contributed by atoms with Gasteiger partial charge in [-0.15, -0.1) is 11.3 Å². The van der Waals surface area contributed by atoms with Crippen LogP contribution in [0, 0.1) is 5.41 Å². The number of rotatable bonds is 4. The Kier molecular flexibility index (Phi) is 3.90. The first kappa shape index (κ1) is 13.1. The molecule has 0 aliphatic heterocycles. The summed E-state index contributed by atoms with van der Waals surface area (Å²) in [5.41, 5.74) is 2.06. The molecule has 19 heavy (non-hydrogen) atoms. The third-order valence-corrected chi connectivity index (χ3v) is 5.60. The van der Waals surface area contributed by atoms with Crippen molar-refractivity contribution in [3.63, 3.8) is 0 Å². The molecular formula is C17H23NS. The predicted molar refractivity (Wildman–Crippen MR) is 85.0 cm³/mol. The van der Waals surface area contributed by atoms with Crippen LogP contribution < -0.4 is 5.32 Å². The molecule has 3 rings (SSSR count). The van der Waals surface area contributed by atoms with Crippen LogP contribution >= 0.6 is 11.3 Å². The highest BCUT2D eigenvalue weighted by Crippen LogP contribution is 2.41. The fraction of sp³-hybridized carbons (Fsp3) is 0.529. The number of hydrogen-bond acceptors (Lipinski definition) is 2. The van der Waals surface area contributed by atoms with Crippen molar-refractivity contribution in [1.29, 1.82) is 0 Å². The maximum absolute atomic E-state index is 3.44. The fourth-order valence-electron chi connectivity index (χ4n) is 3.67. The van der Waals surface area contributed by atoms with E-state index >= 15 is 0 Å². The van der Waals surface area contributed by atoms with E-state index < -0.39 is 0 Å². The van der Waals surface area contributed by atoms with Crippen molar-refractivity contribution in [2.45, 2.75) is 38.5 Å². The van der Waals surface area contributed by atoms with Gasteiger partial charge in [0.1, 0.15) is 0 Å². The van der Waals surface area contributed by atoms with Crippen LogP contribution in [0.1, 0.15) is 37.7 Å². The zero-order chi connectivity index (χ0) is 13.1. The van der Waals surface area contributed by atoms with Gasteiger partial charge in [-0.25, -0.2) is 0 Å². The van der Waals surface area contributed by atoms with Gasteiger partial charge in [0.2, 0.25) is 0 Å². The summed E-state index contributed by atoms with van der Waals surface area (Å²) < 4.78 is 1.44. The average molecular weight is 273 g/mol. The molecule has 2 heteroatoms. The van der Waals surface area contributed by atoms with Crippen LogP contribution in [0.3, 0.4) is 0 Å². The highest BCUT2D eigenvalue weighted by molar-refractivity contribution is 7.17. The molecule has 1 nitrogen and oxygen atoms in total. The van der Waals surface area contributed by atoms with Crippen LogP contribution in [0.4, 0.5) is 0 Å². The van der Waals surface area contributed by atoms with Crippen molar-refractivity contribution in [2.75, 3.05) is 13.6 Å². The number of fused-ring (bicyclic) bond motifs is 1. The van der Waals surface area contributed by atoms with Crippen molar-refractivity contribution in [3.05, 3.63) is 35.2 Å². The highest BCUT2D eigenvalue weighted by Gasteiger charge is 2.32. The smallest absolute Gasteiger partial charge is 0.0345 e. The van der Waals surface area contributed by atoms with Gasteiger partial charge < -0.3 is 5.32 Å². The summed E-state index contributed by atoms with van der Waals surface area (Å²) in [7, 11) is 2.10. The quantitative estimate of drug-likeness (QED) is 0.857. The lowest BCUT2D eigenvalue weighted by Crippen LogP contribution is -2.36. The van der Waals surface area contributed by atoms with E-state index in [0.717, 1.165) is 6.54 Å². The maximum atomic E-state index is 3.44. The molecule has 1 aliphatic rings. The van der Waals surface area contributed by atoms with Crippen LogP contribution in [-0.2, 0) is 6.42 Å². The molecule has 0 spiro atoms. The third kappa shape index (κ3) is 2.70. The van der Waals surface area contributed by atoms with Crippen molar-refractivity contribution in [2.24, 2.45) is 5.41 Å². The summed E-state index contributed by atoms with van der Waals surface area (Å²) in [6.07, 6.45) is 8.26. The predicted octanol–water partition coefficient (Wildman–Crippen LogP) is 4.61. The zero-order valence-corrected chi connectivity index (χ0v) is 12.6. The van der Waals surface area contributed by atoms with Crippen LogP contribution in [0.15, 0.2) is 29.6 Å². The van der Waals surface area contributed by atoms with Crippen molar-refractivity contribution >= 4 is 21.4 Å². The van der Waals surface area contributed by atoms with Crippen LogP contribution in [-0.4, -0.2) is 13.6 Å². The first-order chi connectivity index (χ1) is 9.33. The average Bonchev–Trinajstić information content (AvgIpc) is 2.83. The molecule has 1 aliphatic carbocycles. The first-order valence-corrected chi connectivity index (χ1v) is 8.31. The highest BCUT2D eigenvalue weighted by atomic mass is 32.1. The molecule has 0 bridgehead atoms. The van der Waals surface area contributed by atoms with Gasteiger partial charge in [0.15, 0.2) is 0 Å². The van der Waals surface area contributed by atoms with Crippen LogP contribution in [0.2, 0.25) is 0 Å². The van der Waals surface area contributed by atoms with Gasteiger partial charge in [-0.05, 0) is 54.1 Å². The van der Waals surface area contributed by atoms with Crippen molar-refractivity contribution in [3.8, 4) is 0 Å². The minimum atomic E-state index is 0.497. The van der Waals surface area contributed by atoms with Gasteiger partial charge in [0.25, 0.3) is 0 Å². The zero-order valence-electron chi connectivity index (χ0n) is 11.7. The number of hydrogen-bond donors (Lipinski definition) is 1. The van der Waals surface area contributed by atoms with Crippen molar-refractivity contribution < 1.29 is 0 Å². The lowest BCUT2D eigenvalue weighted by molar-refractivity contribution is 0.185. The van der Waals surface area contributed by atoms with Gasteiger partial charge in [-0.1, -0.05) is 37.5 Å². The Hall–Kier alpha value is -0.860. The van der Waals surface area contributed by atoms with E-state index in [4.69, 9.17) is 0 Å². The Labute approximate surface area is 120 Å². The van der Waals surface area contributed by atoms with Crippen molar-refractivity contribution in [1.82, 2.24) is 5.32 Å². The second-order valence-electron chi connectivity index (χ2n) is 6.02. The summed E-state index contributed by atoms with van der Waals surface area (Å²) in [5, 5.41) is 7.31. The normalized spacial score (nSPS) is 18.8. The van der Waals surface area contributed by atoms with E-state index in [1.807, 2.05) is 11.3 Å². The molecule has 0 atom stereocenters. The lowest BCUT2D eigenvalue weighted by atomic mass is 9.70. The standard InChI is InChI=1S/C17H23NS/c1-18-13-17(9-5-2-6-10-17)11-14-12-19-16-8-4-3-7-15(14)16/h3-4,7-8,12,18H,2,5-6,9-11,13H2,1H3. The Morgan fingerprint density at radius 1 is 1.16 bits per heavy atom. The minimum absolute atomic E-state index is 0.497. The van der Waals surface area contributed by atoms with E-state index in [1.54, 1.807) is 5.56 Å². The van der Waals surface area contributed by atoms with Gasteiger partial charge in [-0.3, -0.25) is 0 Å². The summed E-state index contributed by atoms with van der Waals surface area (Å²) in [5.74, 6) is 0. The molecule has 1 N–H and O–H groups in total. The molecule has 0 unspecified atom stereocenters. The largest absolute Gasteiger partial charge is 0.319 e. The van der Waals surface area contributed by atoms with Crippen LogP contribution in [0.5, 0.6) is 0 Å². The third-order valence-electron chi connectivity index (χ3n) is 4.59. The Morgan fingerprint density at radius 2 is 1.95 bits per heavy atom. The van der Waals surface area contributed by atoms with Gasteiger partial charge >= 0.3 is 0 Å². The Balaban J connectivity index is 1.89. The molecule has 0 amide bonds. The number of nitrogens with one attached hydrogen (secondary N) is 1. The second-order valence-corrected chi connectivity index (χ2v) is 6.94. The summed E-state index contributed by atoms with van der Waals surface area (Å²) >= 11 is 1.90. The Bertz CT molecular complexity index is 531. The number of benzene rings is 1. The molecule has 1 saturated carbocycles. The van der Waals surface area contributed by atoms with E-state index in [0.29, 0.717) is 5.41 Å². The summed E-state index contributed by atoms with van der Waals surface area (Å²) in [4.78, 5) is 0. The molecule has 1 fully saturated rings. The first-order valence-electron chi connectivity index (χ1n) is 7.43. The van der Waals surface area contributed by atoms with Gasteiger partial charge in [-0.2, -0.15) is 0 Å². The molecule has 0 radical (unpaired) electrons. The fourth-order valence-corrected chi connectivity index (χ4v) is 4.63. The molecule has 102 valence electrons. The molecule has 1 heterocycles. The minimum Gasteiger partial charge on any atom is -0.319 e. The van der Waals surface area contributed by atoms with E-state index in [-0.39, 0.29) is 0 Å². The van der Waals surface area contributed by atoms with Gasteiger partial charge in [0.05, 0.1) is 0 Å². The van der Waals surface area contributed by atoms with E-state index in [9.17, 15) is 0 Å². The number of thiophene rings is 1. The SMILES string of the molecule is CNCC1(Cc2csc3ccccc23)CCCCC1. The molecule has 2 aromatic rings. The Morgan fingerprint density at radius 3 is 2.74 bits per heavy atom. The lowest BCUT2D eigenvalue weighted by Gasteiger charge is -2.37. The van der Waals surface area contributed by atoms with E-state index in [1.165, 1.54) is 48.6 Å². The summed E-state index contributed by atoms with van der Waals surface area (Å²) in [6, 6.07) is 8.85. The summed E-state index contributed by atoms with van der Waals surface area (Å²) in [6.45, 7) is 1.16. The monoisotopic (exact) mass is 273 g/mol. The van der Waals surface area contributed by atoms with Crippen LogP contribution in [0.25, 0.3) is 10.1 Å². The molecule has 1 aromatic carbocycles. The molecular weight excluding hydrogens is 250 g/mol. The molecule has 0 saturated heterocycles.